The third-order valence-electron chi connectivity index (χ3n) is 6.50. The Morgan fingerprint density at radius 1 is 0.944 bits per heavy atom. The molecule has 0 aliphatic heterocycles. The van der Waals surface area contributed by atoms with Crippen molar-refractivity contribution in [2.24, 2.45) is 0 Å². The van der Waals surface area contributed by atoms with Gasteiger partial charge >= 0.3 is 0 Å². The van der Waals surface area contributed by atoms with Crippen LogP contribution in [0.5, 0.6) is 11.5 Å². The molecule has 0 aliphatic rings. The zero-order chi connectivity index (χ0) is 25.2. The first kappa shape index (κ1) is 23.4. The summed E-state index contributed by atoms with van der Waals surface area (Å²) < 4.78 is 14.4. The number of nitrogens with one attached hydrogen (secondary N) is 1. The lowest BCUT2D eigenvalue weighted by Gasteiger charge is -2.11. The van der Waals surface area contributed by atoms with Crippen molar-refractivity contribution in [3.05, 3.63) is 71.3 Å². The van der Waals surface area contributed by atoms with Crippen LogP contribution < -0.4 is 20.3 Å². The highest BCUT2D eigenvalue weighted by atomic mass is 16.5. The van der Waals surface area contributed by atoms with Crippen molar-refractivity contribution in [2.75, 3.05) is 19.5 Å². The van der Waals surface area contributed by atoms with E-state index in [2.05, 4.69) is 40.0 Å². The standard InChI is InChI=1S/C28H28N4O4/c1-4-32-23-9-6-5-8-19(23)20-14-18(11-12-24(20)32)30-27(33)10-7-13-31-17-29-22-16-26(36-3)25(35-2)15-21(22)28(31)34/h5-6,8-9,11-12,14-17H,4,7,10,13H2,1-3H3,(H,30,33). The minimum absolute atomic E-state index is 0.0956. The van der Waals surface area contributed by atoms with Crippen molar-refractivity contribution in [1.82, 2.24) is 14.1 Å². The van der Waals surface area contributed by atoms with Gasteiger partial charge in [-0.05, 0) is 43.7 Å². The molecule has 0 aliphatic carbocycles. The predicted molar refractivity (Wildman–Crippen MR) is 142 cm³/mol. The van der Waals surface area contributed by atoms with E-state index in [0.29, 0.717) is 35.4 Å². The Kier molecular flexibility index (Phi) is 6.33. The van der Waals surface area contributed by atoms with Crippen LogP contribution in [0.4, 0.5) is 5.69 Å². The fourth-order valence-corrected chi connectivity index (χ4v) is 4.75. The average Bonchev–Trinajstić information content (AvgIpc) is 3.22. The molecule has 0 radical (unpaired) electrons. The van der Waals surface area contributed by atoms with Crippen LogP contribution in [0.25, 0.3) is 32.7 Å². The maximum absolute atomic E-state index is 12.9. The number of benzene rings is 3. The average molecular weight is 485 g/mol. The van der Waals surface area contributed by atoms with E-state index in [0.717, 1.165) is 23.1 Å². The Bertz CT molecular complexity index is 1650. The third-order valence-corrected chi connectivity index (χ3v) is 6.50. The molecule has 5 aromatic rings. The molecule has 0 unspecified atom stereocenters. The molecule has 2 aromatic heterocycles. The number of hydrogen-bond acceptors (Lipinski definition) is 5. The summed E-state index contributed by atoms with van der Waals surface area (Å²) in [6, 6.07) is 17.6. The maximum atomic E-state index is 12.9. The fraction of sp³-hybridized carbons (Fsp3) is 0.250. The van der Waals surface area contributed by atoms with E-state index >= 15 is 0 Å². The minimum atomic E-state index is -0.181. The second-order valence-corrected chi connectivity index (χ2v) is 8.61. The Labute approximate surface area is 208 Å². The highest BCUT2D eigenvalue weighted by molar-refractivity contribution is 6.09. The number of aryl methyl sites for hydroxylation is 2. The van der Waals surface area contributed by atoms with Gasteiger partial charge in [0.25, 0.3) is 5.56 Å². The Morgan fingerprint density at radius 2 is 1.69 bits per heavy atom. The van der Waals surface area contributed by atoms with Crippen molar-refractivity contribution in [1.29, 1.82) is 0 Å². The molecule has 0 saturated carbocycles. The van der Waals surface area contributed by atoms with E-state index in [1.54, 1.807) is 12.1 Å². The van der Waals surface area contributed by atoms with Crippen LogP contribution in [0, 0.1) is 0 Å². The molecular formula is C28H28N4O4. The monoisotopic (exact) mass is 484 g/mol. The van der Waals surface area contributed by atoms with Crippen LogP contribution in [-0.2, 0) is 17.9 Å². The number of rotatable bonds is 8. The summed E-state index contributed by atoms with van der Waals surface area (Å²) in [4.78, 5) is 30.0. The number of aromatic nitrogens is 3. The van der Waals surface area contributed by atoms with Crippen LogP contribution in [0.2, 0.25) is 0 Å². The summed E-state index contributed by atoms with van der Waals surface area (Å²) in [6.45, 7) is 3.39. The highest BCUT2D eigenvalue weighted by Gasteiger charge is 2.13. The van der Waals surface area contributed by atoms with Gasteiger partial charge in [-0.2, -0.15) is 0 Å². The molecule has 8 nitrogen and oxygen atoms in total. The zero-order valence-corrected chi connectivity index (χ0v) is 20.6. The molecule has 0 atom stereocenters. The van der Waals surface area contributed by atoms with Gasteiger partial charge in [0.1, 0.15) is 0 Å². The molecule has 3 aromatic carbocycles. The number of carbonyl (C=O) groups excluding carboxylic acids is 1. The first-order valence-corrected chi connectivity index (χ1v) is 12.0. The molecule has 0 bridgehead atoms. The molecule has 36 heavy (non-hydrogen) atoms. The van der Waals surface area contributed by atoms with E-state index in [9.17, 15) is 9.59 Å². The van der Waals surface area contributed by atoms with Gasteiger partial charge in [0.05, 0.1) is 31.4 Å². The number of carbonyl (C=O) groups is 1. The quantitative estimate of drug-likeness (QED) is 0.336. The van der Waals surface area contributed by atoms with Gasteiger partial charge in [-0.3, -0.25) is 14.2 Å². The summed E-state index contributed by atoms with van der Waals surface area (Å²) in [5, 5.41) is 5.73. The smallest absolute Gasteiger partial charge is 0.261 e. The van der Waals surface area contributed by atoms with Gasteiger partial charge in [0.2, 0.25) is 5.91 Å². The van der Waals surface area contributed by atoms with Crippen molar-refractivity contribution >= 4 is 44.3 Å². The van der Waals surface area contributed by atoms with E-state index in [-0.39, 0.29) is 17.9 Å². The molecule has 0 saturated heterocycles. The van der Waals surface area contributed by atoms with Crippen molar-refractivity contribution in [3.8, 4) is 11.5 Å². The van der Waals surface area contributed by atoms with Crippen molar-refractivity contribution < 1.29 is 14.3 Å². The highest BCUT2D eigenvalue weighted by Crippen LogP contribution is 2.31. The van der Waals surface area contributed by atoms with E-state index < -0.39 is 0 Å². The number of hydrogen-bond donors (Lipinski definition) is 1. The molecule has 1 N–H and O–H groups in total. The fourth-order valence-electron chi connectivity index (χ4n) is 4.75. The summed E-state index contributed by atoms with van der Waals surface area (Å²) in [6.07, 6.45) is 2.29. The molecule has 0 fully saturated rings. The van der Waals surface area contributed by atoms with Crippen LogP contribution in [-0.4, -0.2) is 34.2 Å². The molecule has 0 spiro atoms. The van der Waals surface area contributed by atoms with Crippen LogP contribution in [0.3, 0.4) is 0 Å². The lowest BCUT2D eigenvalue weighted by molar-refractivity contribution is -0.116. The summed E-state index contributed by atoms with van der Waals surface area (Å²) in [5.41, 5.74) is 3.45. The minimum Gasteiger partial charge on any atom is -0.493 e. The van der Waals surface area contributed by atoms with Crippen LogP contribution in [0.15, 0.2) is 65.7 Å². The number of ether oxygens (including phenoxy) is 2. The Balaban J connectivity index is 1.28. The Hall–Kier alpha value is -4.33. The topological polar surface area (TPSA) is 87.4 Å². The molecule has 184 valence electrons. The summed E-state index contributed by atoms with van der Waals surface area (Å²) >= 11 is 0. The second kappa shape index (κ2) is 9.73. The maximum Gasteiger partial charge on any atom is 0.261 e. The first-order valence-electron chi connectivity index (χ1n) is 12.0. The number of fused-ring (bicyclic) bond motifs is 4. The molecule has 8 heteroatoms. The molecule has 2 heterocycles. The summed E-state index contributed by atoms with van der Waals surface area (Å²) in [7, 11) is 3.06. The largest absolute Gasteiger partial charge is 0.493 e. The van der Waals surface area contributed by atoms with E-state index in [1.807, 2.05) is 24.3 Å². The molecular weight excluding hydrogens is 456 g/mol. The number of anilines is 1. The van der Waals surface area contributed by atoms with Crippen LogP contribution >= 0.6 is 0 Å². The van der Waals surface area contributed by atoms with Crippen LogP contribution in [0.1, 0.15) is 19.8 Å². The van der Waals surface area contributed by atoms with Crippen molar-refractivity contribution in [3.63, 3.8) is 0 Å². The van der Waals surface area contributed by atoms with E-state index in [1.165, 1.54) is 36.0 Å². The van der Waals surface area contributed by atoms with Gasteiger partial charge in [-0.15, -0.1) is 0 Å². The number of methoxy groups -OCH3 is 2. The normalized spacial score (nSPS) is 11.3. The lowest BCUT2D eigenvalue weighted by Crippen LogP contribution is -2.22. The SMILES string of the molecule is CCn1c2ccccc2c2cc(NC(=O)CCCn3cnc4cc(OC)c(OC)cc4c3=O)ccc21. The van der Waals surface area contributed by atoms with E-state index in [4.69, 9.17) is 9.47 Å². The predicted octanol–water partition coefficient (Wildman–Crippen LogP) is 4.96. The number of amides is 1. The third kappa shape index (κ3) is 4.15. The summed E-state index contributed by atoms with van der Waals surface area (Å²) in [5.74, 6) is 0.894. The number of para-hydroxylation sites is 1. The van der Waals surface area contributed by atoms with Gasteiger partial charge in [0.15, 0.2) is 11.5 Å². The second-order valence-electron chi connectivity index (χ2n) is 8.61. The zero-order valence-electron chi connectivity index (χ0n) is 20.6. The molecule has 1 amide bonds. The molecule has 5 rings (SSSR count). The number of nitrogens with zero attached hydrogens (tertiary/aromatic N) is 3. The van der Waals surface area contributed by atoms with Gasteiger partial charge in [0, 0.05) is 53.1 Å². The first-order chi connectivity index (χ1) is 17.5. The Morgan fingerprint density at radius 3 is 2.47 bits per heavy atom. The van der Waals surface area contributed by atoms with Crippen molar-refractivity contribution in [2.45, 2.75) is 32.9 Å². The van der Waals surface area contributed by atoms with Gasteiger partial charge < -0.3 is 19.4 Å². The van der Waals surface area contributed by atoms with Gasteiger partial charge in [-0.1, -0.05) is 18.2 Å². The van der Waals surface area contributed by atoms with Gasteiger partial charge in [-0.25, -0.2) is 4.98 Å². The lowest BCUT2D eigenvalue weighted by atomic mass is 10.1.